The minimum atomic E-state index is -1.05. The minimum Gasteiger partial charge on any atom is -0.480 e. The van der Waals surface area contributed by atoms with Crippen molar-refractivity contribution in [1.82, 2.24) is 10.4 Å². The van der Waals surface area contributed by atoms with Crippen molar-refractivity contribution in [2.24, 2.45) is 11.8 Å². The van der Waals surface area contributed by atoms with Crippen LogP contribution >= 0.6 is 0 Å². The van der Waals surface area contributed by atoms with E-state index in [1.165, 1.54) is 4.90 Å². The molecule has 0 saturated heterocycles. The molecule has 0 aliphatic heterocycles. The maximum atomic E-state index is 13.3. The first kappa shape index (κ1) is 23.6. The maximum absolute atomic E-state index is 13.3. The van der Waals surface area contributed by atoms with E-state index in [1.54, 1.807) is 5.48 Å². The Morgan fingerprint density at radius 2 is 1.79 bits per heavy atom. The maximum Gasteiger partial charge on any atom is 0.326 e. The zero-order valence-electron chi connectivity index (χ0n) is 16.9. The third-order valence-corrected chi connectivity index (χ3v) is 4.63. The van der Waals surface area contributed by atoms with Crippen molar-refractivity contribution in [1.29, 1.82) is 0 Å². The fraction of sp³-hybridized carbons (Fsp3) is 0.571. The third kappa shape index (κ3) is 7.68. The highest BCUT2D eigenvalue weighted by atomic mass is 16.5. The number of hydroxylamine groups is 1. The van der Waals surface area contributed by atoms with Crippen LogP contribution in [-0.2, 0) is 20.9 Å². The van der Waals surface area contributed by atoms with E-state index in [0.29, 0.717) is 19.3 Å². The molecule has 7 nitrogen and oxygen atoms in total. The first-order valence-corrected chi connectivity index (χ1v) is 9.80. The second-order valence-corrected chi connectivity index (χ2v) is 7.51. The van der Waals surface area contributed by atoms with E-state index in [0.717, 1.165) is 12.0 Å². The lowest BCUT2D eigenvalue weighted by Crippen LogP contribution is -2.48. The molecule has 0 radical (unpaired) electrons. The molecule has 156 valence electrons. The lowest BCUT2D eigenvalue weighted by molar-refractivity contribution is -0.154. The van der Waals surface area contributed by atoms with Gasteiger partial charge >= 0.3 is 5.97 Å². The molecule has 0 aliphatic carbocycles. The van der Waals surface area contributed by atoms with E-state index in [-0.39, 0.29) is 24.8 Å². The Kier molecular flexibility index (Phi) is 10.2. The SMILES string of the molecule is CCCC[C@@H](C(=O)O)N(Cc1ccccc1)C(=O)C(CC(=O)NO)CC(C)C. The van der Waals surface area contributed by atoms with Crippen LogP contribution < -0.4 is 5.48 Å². The molecule has 1 unspecified atom stereocenters. The highest BCUT2D eigenvalue weighted by Crippen LogP contribution is 2.23. The van der Waals surface area contributed by atoms with Crippen LogP contribution in [0.5, 0.6) is 0 Å². The number of carbonyl (C=O) groups is 3. The first-order valence-electron chi connectivity index (χ1n) is 9.80. The number of amides is 2. The number of carbonyl (C=O) groups excluding carboxylic acids is 2. The molecular weight excluding hydrogens is 360 g/mol. The van der Waals surface area contributed by atoms with Gasteiger partial charge in [-0.25, -0.2) is 10.3 Å². The Balaban J connectivity index is 3.21. The number of benzene rings is 1. The normalized spacial score (nSPS) is 13.0. The molecule has 0 fully saturated rings. The summed E-state index contributed by atoms with van der Waals surface area (Å²) in [7, 11) is 0. The van der Waals surface area contributed by atoms with Crippen LogP contribution in [-0.4, -0.2) is 39.0 Å². The van der Waals surface area contributed by atoms with E-state index < -0.39 is 23.8 Å². The highest BCUT2D eigenvalue weighted by molar-refractivity contribution is 5.88. The molecule has 7 heteroatoms. The van der Waals surface area contributed by atoms with Gasteiger partial charge in [-0.3, -0.25) is 14.8 Å². The second-order valence-electron chi connectivity index (χ2n) is 7.51. The zero-order valence-corrected chi connectivity index (χ0v) is 16.9. The Morgan fingerprint density at radius 3 is 2.29 bits per heavy atom. The van der Waals surface area contributed by atoms with Crippen molar-refractivity contribution in [3.05, 3.63) is 35.9 Å². The summed E-state index contributed by atoms with van der Waals surface area (Å²) < 4.78 is 0. The van der Waals surface area contributed by atoms with Gasteiger partial charge in [-0.05, 0) is 24.3 Å². The van der Waals surface area contributed by atoms with Crippen LogP contribution in [0.1, 0.15) is 58.4 Å². The average molecular weight is 392 g/mol. The van der Waals surface area contributed by atoms with E-state index in [9.17, 15) is 19.5 Å². The van der Waals surface area contributed by atoms with Gasteiger partial charge in [-0.15, -0.1) is 0 Å². The van der Waals surface area contributed by atoms with Gasteiger partial charge in [-0.1, -0.05) is 63.9 Å². The summed E-state index contributed by atoms with van der Waals surface area (Å²) in [6.45, 7) is 6.00. The van der Waals surface area contributed by atoms with Crippen LogP contribution in [0.2, 0.25) is 0 Å². The van der Waals surface area contributed by atoms with E-state index in [2.05, 4.69) is 0 Å². The molecule has 1 aromatic rings. The summed E-state index contributed by atoms with van der Waals surface area (Å²) in [6, 6.07) is 8.26. The van der Waals surface area contributed by atoms with Crippen LogP contribution in [0, 0.1) is 11.8 Å². The first-order chi connectivity index (χ1) is 13.3. The molecule has 0 heterocycles. The van der Waals surface area contributed by atoms with Crippen molar-refractivity contribution in [3.63, 3.8) is 0 Å². The molecule has 0 saturated carbocycles. The monoisotopic (exact) mass is 392 g/mol. The van der Waals surface area contributed by atoms with Gasteiger partial charge in [-0.2, -0.15) is 0 Å². The molecular formula is C21H32N2O5. The summed E-state index contributed by atoms with van der Waals surface area (Å²) in [4.78, 5) is 38.4. The Morgan fingerprint density at radius 1 is 1.14 bits per heavy atom. The topological polar surface area (TPSA) is 107 Å². The van der Waals surface area contributed by atoms with Gasteiger partial charge in [0.1, 0.15) is 6.04 Å². The number of rotatable bonds is 12. The lowest BCUT2D eigenvalue weighted by Gasteiger charge is -2.33. The van der Waals surface area contributed by atoms with E-state index in [4.69, 9.17) is 5.21 Å². The van der Waals surface area contributed by atoms with Gasteiger partial charge < -0.3 is 10.0 Å². The molecule has 1 aromatic carbocycles. The fourth-order valence-corrected chi connectivity index (χ4v) is 3.28. The Labute approximate surface area is 166 Å². The highest BCUT2D eigenvalue weighted by Gasteiger charge is 2.34. The molecule has 0 aliphatic rings. The minimum absolute atomic E-state index is 0.137. The van der Waals surface area contributed by atoms with Crippen LogP contribution in [0.15, 0.2) is 30.3 Å². The summed E-state index contributed by atoms with van der Waals surface area (Å²) >= 11 is 0. The third-order valence-electron chi connectivity index (χ3n) is 4.63. The Bertz CT molecular complexity index is 633. The number of nitrogens with zero attached hydrogens (tertiary/aromatic N) is 1. The average Bonchev–Trinajstić information content (AvgIpc) is 2.66. The number of unbranched alkanes of at least 4 members (excludes halogenated alkanes) is 1. The Hall–Kier alpha value is -2.41. The van der Waals surface area contributed by atoms with E-state index in [1.807, 2.05) is 51.1 Å². The van der Waals surface area contributed by atoms with Crippen molar-refractivity contribution >= 4 is 17.8 Å². The number of aliphatic carboxylic acids is 1. The zero-order chi connectivity index (χ0) is 21.1. The smallest absolute Gasteiger partial charge is 0.326 e. The lowest BCUT2D eigenvalue weighted by atomic mass is 9.91. The molecule has 0 bridgehead atoms. The number of hydrogen-bond donors (Lipinski definition) is 3. The molecule has 0 spiro atoms. The predicted octanol–water partition coefficient (Wildman–Crippen LogP) is 3.22. The summed E-state index contributed by atoms with van der Waals surface area (Å²) in [5.41, 5.74) is 2.40. The molecule has 2 atom stereocenters. The van der Waals surface area contributed by atoms with E-state index >= 15 is 0 Å². The summed E-state index contributed by atoms with van der Waals surface area (Å²) in [5, 5.41) is 18.6. The predicted molar refractivity (Wildman–Crippen MR) is 105 cm³/mol. The number of hydrogen-bond acceptors (Lipinski definition) is 4. The van der Waals surface area contributed by atoms with Gasteiger partial charge in [0.05, 0.1) is 0 Å². The van der Waals surface area contributed by atoms with Gasteiger partial charge in [0.2, 0.25) is 11.8 Å². The molecule has 2 amide bonds. The van der Waals surface area contributed by atoms with Crippen LogP contribution in [0.4, 0.5) is 0 Å². The number of carboxylic acids is 1. The number of nitrogens with one attached hydrogen (secondary N) is 1. The fourth-order valence-electron chi connectivity index (χ4n) is 3.28. The van der Waals surface area contributed by atoms with Crippen molar-refractivity contribution < 1.29 is 24.7 Å². The largest absolute Gasteiger partial charge is 0.480 e. The van der Waals surface area contributed by atoms with Gasteiger partial charge in [0.25, 0.3) is 0 Å². The molecule has 1 rings (SSSR count). The van der Waals surface area contributed by atoms with Gasteiger partial charge in [0, 0.05) is 18.9 Å². The quantitative estimate of drug-likeness (QED) is 0.374. The van der Waals surface area contributed by atoms with Gasteiger partial charge in [0.15, 0.2) is 0 Å². The number of carboxylic acid groups (broad SMARTS) is 1. The van der Waals surface area contributed by atoms with Crippen LogP contribution in [0.3, 0.4) is 0 Å². The second kappa shape index (κ2) is 12.1. The summed E-state index contributed by atoms with van der Waals surface area (Å²) in [6.07, 6.45) is 2.10. The standard InChI is InChI=1S/C21H32N2O5/c1-4-5-11-18(21(26)27)23(14-16-9-7-6-8-10-16)20(25)17(12-15(2)3)13-19(24)22-28/h6-10,15,17-18,28H,4-5,11-14H2,1-3H3,(H,22,24)(H,26,27)/t17?,18-/m0/s1. The molecule has 0 aromatic heterocycles. The van der Waals surface area contributed by atoms with Crippen molar-refractivity contribution in [3.8, 4) is 0 Å². The molecule has 28 heavy (non-hydrogen) atoms. The molecule has 3 N–H and O–H groups in total. The van der Waals surface area contributed by atoms with Crippen LogP contribution in [0.25, 0.3) is 0 Å². The van der Waals surface area contributed by atoms with Crippen molar-refractivity contribution in [2.75, 3.05) is 0 Å². The summed E-state index contributed by atoms with van der Waals surface area (Å²) in [5.74, 6) is -2.63. The van der Waals surface area contributed by atoms with Crippen molar-refractivity contribution in [2.45, 2.75) is 65.5 Å².